The number of halogens is 2. The molecule has 5 nitrogen and oxygen atoms in total. The standard InChI is InChI=1S/C32H28ClFN4O/c33-22-8-12-25-27-16-31(38-24-10-6-20(7-11-24)30(39)14-19-5-9-23(35)13-19)36-17-21(27)18-37-32(28(25)15-22)26-3-1-2-4-29(26)34/h1-4,6-8,10-12,15-17,19,23H,5,9,13-14,18,35H2,(H,36,38). The normalized spacial score (nSPS) is 18.1. The summed E-state index contributed by atoms with van der Waals surface area (Å²) in [6.07, 6.45) is 5.31. The van der Waals surface area contributed by atoms with Crippen molar-refractivity contribution in [2.45, 2.75) is 38.3 Å². The van der Waals surface area contributed by atoms with Crippen LogP contribution in [0.2, 0.25) is 5.02 Å². The summed E-state index contributed by atoms with van der Waals surface area (Å²) in [5.41, 5.74) is 12.1. The fourth-order valence-corrected chi connectivity index (χ4v) is 5.75. The summed E-state index contributed by atoms with van der Waals surface area (Å²) >= 11 is 6.37. The third-order valence-electron chi connectivity index (χ3n) is 7.59. The van der Waals surface area contributed by atoms with Crippen molar-refractivity contribution in [1.82, 2.24) is 4.98 Å². The van der Waals surface area contributed by atoms with E-state index in [1.165, 1.54) is 6.07 Å². The third kappa shape index (κ3) is 5.35. The Bertz CT molecular complexity index is 1580. The van der Waals surface area contributed by atoms with Gasteiger partial charge in [-0.15, -0.1) is 0 Å². The summed E-state index contributed by atoms with van der Waals surface area (Å²) in [5.74, 6) is 0.866. The van der Waals surface area contributed by atoms with E-state index in [9.17, 15) is 9.18 Å². The van der Waals surface area contributed by atoms with Gasteiger partial charge in [-0.3, -0.25) is 9.79 Å². The van der Waals surface area contributed by atoms with Crippen LogP contribution in [-0.4, -0.2) is 22.5 Å². The van der Waals surface area contributed by atoms with Gasteiger partial charge in [0.2, 0.25) is 0 Å². The van der Waals surface area contributed by atoms with Crippen LogP contribution in [0.15, 0.2) is 84.0 Å². The molecule has 1 aromatic heterocycles. The van der Waals surface area contributed by atoms with Crippen LogP contribution in [-0.2, 0) is 6.54 Å². The molecule has 1 aliphatic heterocycles. The highest BCUT2D eigenvalue weighted by Gasteiger charge is 2.25. The molecule has 196 valence electrons. The molecule has 7 heteroatoms. The van der Waals surface area contributed by atoms with Gasteiger partial charge in [-0.25, -0.2) is 9.37 Å². The Balaban J connectivity index is 1.26. The Kier molecular flexibility index (Phi) is 6.98. The van der Waals surface area contributed by atoms with E-state index < -0.39 is 0 Å². The molecule has 3 aromatic carbocycles. The first-order chi connectivity index (χ1) is 18.9. The predicted molar refractivity (Wildman–Crippen MR) is 154 cm³/mol. The number of benzene rings is 3. The molecule has 1 saturated carbocycles. The number of carbonyl (C=O) groups is 1. The van der Waals surface area contributed by atoms with E-state index in [1.807, 2.05) is 48.5 Å². The molecule has 4 aromatic rings. The summed E-state index contributed by atoms with van der Waals surface area (Å²) in [4.78, 5) is 22.1. The summed E-state index contributed by atoms with van der Waals surface area (Å²) in [6.45, 7) is 0.362. The van der Waals surface area contributed by atoms with Gasteiger partial charge in [0.1, 0.15) is 11.6 Å². The highest BCUT2D eigenvalue weighted by molar-refractivity contribution is 6.31. The van der Waals surface area contributed by atoms with Crippen molar-refractivity contribution in [1.29, 1.82) is 0 Å². The van der Waals surface area contributed by atoms with Crippen molar-refractivity contribution < 1.29 is 9.18 Å². The van der Waals surface area contributed by atoms with Crippen LogP contribution in [0.3, 0.4) is 0 Å². The third-order valence-corrected chi connectivity index (χ3v) is 7.82. The molecule has 39 heavy (non-hydrogen) atoms. The second kappa shape index (κ2) is 10.7. The number of ketones is 1. The topological polar surface area (TPSA) is 80.4 Å². The van der Waals surface area contributed by atoms with Crippen molar-refractivity contribution in [3.8, 4) is 11.1 Å². The highest BCUT2D eigenvalue weighted by Crippen LogP contribution is 2.36. The quantitative estimate of drug-likeness (QED) is 0.252. The number of Topliss-reactive ketones (excluding diaryl/α,β-unsaturated/α-hetero) is 1. The average Bonchev–Trinajstić information content (AvgIpc) is 3.27. The van der Waals surface area contributed by atoms with E-state index in [0.29, 0.717) is 46.6 Å². The average molecular weight is 539 g/mol. The van der Waals surface area contributed by atoms with Gasteiger partial charge in [-0.1, -0.05) is 29.8 Å². The van der Waals surface area contributed by atoms with E-state index in [0.717, 1.165) is 47.2 Å². The van der Waals surface area contributed by atoms with E-state index in [-0.39, 0.29) is 17.6 Å². The van der Waals surface area contributed by atoms with E-state index in [4.69, 9.17) is 22.3 Å². The molecule has 2 aliphatic rings. The SMILES string of the molecule is NC1CCC(CC(=O)c2ccc(Nc3cc4c(cn3)CN=C(c3ccccc3F)c3cc(Cl)ccc3-4)cc2)C1. The zero-order chi connectivity index (χ0) is 26.9. The van der Waals surface area contributed by atoms with Crippen LogP contribution in [0.4, 0.5) is 15.9 Å². The number of anilines is 2. The van der Waals surface area contributed by atoms with E-state index in [1.54, 1.807) is 24.4 Å². The maximum atomic E-state index is 14.8. The van der Waals surface area contributed by atoms with Crippen molar-refractivity contribution in [3.63, 3.8) is 0 Å². The number of nitrogens with one attached hydrogen (secondary N) is 1. The fourth-order valence-electron chi connectivity index (χ4n) is 5.58. The monoisotopic (exact) mass is 538 g/mol. The van der Waals surface area contributed by atoms with Gasteiger partial charge in [-0.2, -0.15) is 0 Å². The maximum absolute atomic E-state index is 14.8. The summed E-state index contributed by atoms with van der Waals surface area (Å²) in [5, 5.41) is 3.91. The summed E-state index contributed by atoms with van der Waals surface area (Å²) < 4.78 is 14.8. The van der Waals surface area contributed by atoms with Crippen molar-refractivity contribution in [2.75, 3.05) is 5.32 Å². The van der Waals surface area contributed by atoms with Crippen molar-refractivity contribution in [3.05, 3.63) is 112 Å². The lowest BCUT2D eigenvalue weighted by molar-refractivity contribution is 0.0962. The Labute approximate surface area is 232 Å². The van der Waals surface area contributed by atoms with Gasteiger partial charge in [0.15, 0.2) is 5.78 Å². The molecule has 3 N–H and O–H groups in total. The lowest BCUT2D eigenvalue weighted by Gasteiger charge is -2.14. The van der Waals surface area contributed by atoms with Crippen LogP contribution in [0.5, 0.6) is 0 Å². The Hall–Kier alpha value is -3.87. The molecule has 6 rings (SSSR count). The van der Waals surface area contributed by atoms with Gasteiger partial charge >= 0.3 is 0 Å². The summed E-state index contributed by atoms with van der Waals surface area (Å²) in [6, 6.07) is 22.0. The molecule has 2 atom stereocenters. The number of rotatable bonds is 6. The van der Waals surface area contributed by atoms with Gasteiger partial charge in [-0.05, 0) is 96.5 Å². The number of nitrogens with zero attached hydrogens (tertiary/aromatic N) is 2. The number of pyridine rings is 1. The summed E-state index contributed by atoms with van der Waals surface area (Å²) in [7, 11) is 0. The molecule has 1 fully saturated rings. The van der Waals surface area contributed by atoms with Crippen LogP contribution >= 0.6 is 11.6 Å². The second-order valence-electron chi connectivity index (χ2n) is 10.3. The number of aromatic nitrogens is 1. The van der Waals surface area contributed by atoms with Crippen LogP contribution in [0, 0.1) is 11.7 Å². The van der Waals surface area contributed by atoms with Crippen molar-refractivity contribution >= 4 is 34.6 Å². The molecular weight excluding hydrogens is 511 g/mol. The fraction of sp³-hybridized carbons (Fsp3) is 0.219. The Morgan fingerprint density at radius 1 is 0.974 bits per heavy atom. The molecule has 2 unspecified atom stereocenters. The molecule has 0 radical (unpaired) electrons. The van der Waals surface area contributed by atoms with E-state index in [2.05, 4.69) is 10.3 Å². The molecule has 0 amide bonds. The van der Waals surface area contributed by atoms with Crippen LogP contribution < -0.4 is 11.1 Å². The first-order valence-corrected chi connectivity index (χ1v) is 13.6. The number of hydrogen-bond acceptors (Lipinski definition) is 5. The molecule has 0 saturated heterocycles. The van der Waals surface area contributed by atoms with Crippen molar-refractivity contribution in [2.24, 2.45) is 16.6 Å². The molecule has 1 aliphatic carbocycles. The first-order valence-electron chi connectivity index (χ1n) is 13.2. The van der Waals surface area contributed by atoms with Gasteiger partial charge in [0.05, 0.1) is 12.3 Å². The van der Waals surface area contributed by atoms with Crippen LogP contribution in [0.1, 0.15) is 52.7 Å². The minimum Gasteiger partial charge on any atom is -0.340 e. The predicted octanol–water partition coefficient (Wildman–Crippen LogP) is 7.34. The highest BCUT2D eigenvalue weighted by atomic mass is 35.5. The van der Waals surface area contributed by atoms with Crippen LogP contribution in [0.25, 0.3) is 11.1 Å². The zero-order valence-corrected chi connectivity index (χ0v) is 22.1. The van der Waals surface area contributed by atoms with E-state index >= 15 is 0 Å². The molecular formula is C32H28ClFN4O. The minimum absolute atomic E-state index is 0.157. The number of fused-ring (bicyclic) bond motifs is 3. The zero-order valence-electron chi connectivity index (χ0n) is 21.3. The number of carbonyl (C=O) groups excluding carboxylic acids is 1. The molecule has 0 bridgehead atoms. The maximum Gasteiger partial charge on any atom is 0.163 e. The molecule has 0 spiro atoms. The lowest BCUT2D eigenvalue weighted by Crippen LogP contribution is -2.15. The van der Waals surface area contributed by atoms with Gasteiger partial charge < -0.3 is 11.1 Å². The minimum atomic E-state index is -0.331. The second-order valence-corrected chi connectivity index (χ2v) is 10.8. The first kappa shape index (κ1) is 25.4. The Morgan fingerprint density at radius 2 is 1.79 bits per heavy atom. The van der Waals surface area contributed by atoms with Gasteiger partial charge in [0.25, 0.3) is 0 Å². The number of aliphatic imine (C=N–C) groups is 1. The Morgan fingerprint density at radius 3 is 2.56 bits per heavy atom. The smallest absolute Gasteiger partial charge is 0.163 e. The molecule has 2 heterocycles. The lowest BCUT2D eigenvalue weighted by atomic mass is 9.92. The number of hydrogen-bond donors (Lipinski definition) is 2. The largest absolute Gasteiger partial charge is 0.340 e. The van der Waals surface area contributed by atoms with Gasteiger partial charge in [0, 0.05) is 46.1 Å². The number of nitrogens with two attached hydrogens (primary N) is 1.